The lowest BCUT2D eigenvalue weighted by molar-refractivity contribution is -0.139. The van der Waals surface area contributed by atoms with E-state index in [-0.39, 0.29) is 28.7 Å². The molecule has 0 aliphatic carbocycles. The topological polar surface area (TPSA) is 138 Å². The maximum absolute atomic E-state index is 13.1. The quantitative estimate of drug-likeness (QED) is 0.645. The molecule has 0 saturated heterocycles. The van der Waals surface area contributed by atoms with Crippen LogP contribution >= 0.6 is 0 Å². The predicted octanol–water partition coefficient (Wildman–Crippen LogP) is 2.24. The number of methoxy groups -OCH3 is 2. The van der Waals surface area contributed by atoms with E-state index in [9.17, 15) is 19.6 Å². The van der Waals surface area contributed by atoms with Gasteiger partial charge in [0.1, 0.15) is 11.5 Å². The minimum Gasteiger partial charge on any atom is -0.466 e. The minimum atomic E-state index is -0.954. The van der Waals surface area contributed by atoms with E-state index < -0.39 is 17.9 Å². The number of hydrogen-bond donors (Lipinski definition) is 2. The van der Waals surface area contributed by atoms with Crippen molar-refractivity contribution < 1.29 is 23.9 Å². The van der Waals surface area contributed by atoms with E-state index >= 15 is 0 Å². The van der Waals surface area contributed by atoms with Crippen LogP contribution in [0.15, 0.2) is 71.2 Å². The number of fused-ring (bicyclic) bond motifs is 1. The maximum atomic E-state index is 13.1. The monoisotopic (exact) mass is 473 g/mol. The van der Waals surface area contributed by atoms with E-state index in [0.29, 0.717) is 23.5 Å². The lowest BCUT2D eigenvalue weighted by atomic mass is 9.81. The summed E-state index contributed by atoms with van der Waals surface area (Å²) in [6, 6.07) is 15.7. The molecule has 0 saturated carbocycles. The van der Waals surface area contributed by atoms with Gasteiger partial charge in [0.15, 0.2) is 0 Å². The lowest BCUT2D eigenvalue weighted by Crippen LogP contribution is -2.42. The van der Waals surface area contributed by atoms with E-state index in [2.05, 4.69) is 11.4 Å². The Bertz CT molecular complexity index is 1330. The fourth-order valence-electron chi connectivity index (χ4n) is 4.33. The van der Waals surface area contributed by atoms with Crippen molar-refractivity contribution in [3.8, 4) is 6.07 Å². The van der Waals surface area contributed by atoms with Gasteiger partial charge in [0.2, 0.25) is 0 Å². The van der Waals surface area contributed by atoms with E-state index in [1.165, 1.54) is 24.0 Å². The van der Waals surface area contributed by atoms with Gasteiger partial charge in [0.05, 0.1) is 43.0 Å². The first kappa shape index (κ1) is 23.4. The molecule has 2 aliphatic heterocycles. The molecule has 4 rings (SSSR count). The van der Waals surface area contributed by atoms with E-state index in [4.69, 9.17) is 15.2 Å². The Morgan fingerprint density at radius 2 is 1.80 bits per heavy atom. The molecule has 35 heavy (non-hydrogen) atoms. The van der Waals surface area contributed by atoms with Crippen LogP contribution in [-0.4, -0.2) is 39.2 Å². The van der Waals surface area contributed by atoms with Gasteiger partial charge in [-0.1, -0.05) is 36.4 Å². The normalized spacial score (nSPS) is 17.4. The molecule has 2 amide bonds. The first-order valence-electron chi connectivity index (χ1n) is 10.6. The summed E-state index contributed by atoms with van der Waals surface area (Å²) in [6.07, 6.45) is 0. The standard InChI is InChI=1S/C25H23N5O5/c1-29-18-11-16(10-9-15(18)13-28-25(29)33)30-21(24(32)35-3)20(23(31)34-2)19(17(12-26)22(30)27)14-7-5-4-6-8-14/h4-11,19H,13,27H2,1-3H3,(H,28,33). The third kappa shape index (κ3) is 3.83. The largest absolute Gasteiger partial charge is 0.466 e. The fourth-order valence-corrected chi connectivity index (χ4v) is 4.33. The summed E-state index contributed by atoms with van der Waals surface area (Å²) in [4.78, 5) is 41.2. The molecule has 3 N–H and O–H groups in total. The molecule has 0 radical (unpaired) electrons. The molecule has 2 aliphatic rings. The van der Waals surface area contributed by atoms with Gasteiger partial charge in [-0.05, 0) is 23.3 Å². The molecular weight excluding hydrogens is 450 g/mol. The summed E-state index contributed by atoms with van der Waals surface area (Å²) in [5.74, 6) is -2.64. The highest BCUT2D eigenvalue weighted by Crippen LogP contribution is 2.44. The lowest BCUT2D eigenvalue weighted by Gasteiger charge is -2.36. The molecule has 10 nitrogen and oxygen atoms in total. The number of nitriles is 1. The molecule has 1 unspecified atom stereocenters. The van der Waals surface area contributed by atoms with Crippen LogP contribution in [0, 0.1) is 11.3 Å². The van der Waals surface area contributed by atoms with Crippen LogP contribution in [0.1, 0.15) is 17.0 Å². The summed E-state index contributed by atoms with van der Waals surface area (Å²) in [5.41, 5.74) is 8.70. The summed E-state index contributed by atoms with van der Waals surface area (Å²) >= 11 is 0. The number of nitrogens with one attached hydrogen (secondary N) is 1. The van der Waals surface area contributed by atoms with E-state index in [1.54, 1.807) is 55.6 Å². The van der Waals surface area contributed by atoms with Gasteiger partial charge in [0, 0.05) is 19.3 Å². The molecule has 2 aromatic rings. The number of nitrogens with zero attached hydrogens (tertiary/aromatic N) is 3. The zero-order valence-corrected chi connectivity index (χ0v) is 19.4. The second-order valence-corrected chi connectivity index (χ2v) is 7.87. The number of allylic oxidation sites excluding steroid dienone is 1. The third-order valence-corrected chi connectivity index (χ3v) is 6.03. The van der Waals surface area contributed by atoms with Crippen molar-refractivity contribution in [1.82, 2.24) is 5.32 Å². The molecule has 1 atom stereocenters. The number of ether oxygens (including phenoxy) is 2. The van der Waals surface area contributed by atoms with Crippen molar-refractivity contribution in [3.63, 3.8) is 0 Å². The molecular formula is C25H23N5O5. The summed E-state index contributed by atoms with van der Waals surface area (Å²) < 4.78 is 10.1. The third-order valence-electron chi connectivity index (χ3n) is 6.03. The zero-order chi connectivity index (χ0) is 25.3. The Morgan fingerprint density at radius 3 is 2.43 bits per heavy atom. The fraction of sp³-hybridized carbons (Fsp3) is 0.200. The van der Waals surface area contributed by atoms with Crippen LogP contribution in [0.2, 0.25) is 0 Å². The highest BCUT2D eigenvalue weighted by molar-refractivity contribution is 6.06. The molecule has 178 valence electrons. The Morgan fingerprint density at radius 1 is 1.11 bits per heavy atom. The molecule has 0 aromatic heterocycles. The summed E-state index contributed by atoms with van der Waals surface area (Å²) in [7, 11) is 3.98. The number of hydrogen-bond acceptors (Lipinski definition) is 8. The maximum Gasteiger partial charge on any atom is 0.355 e. The Kier molecular flexibility index (Phi) is 6.16. The number of anilines is 2. The molecule has 2 heterocycles. The SMILES string of the molecule is COC(=O)C1=C(C(=O)OC)N(c2ccc3c(c2)N(C)C(=O)NC3)C(N)=C(C#N)C1c1ccccc1. The highest BCUT2D eigenvalue weighted by atomic mass is 16.5. The van der Waals surface area contributed by atoms with E-state index in [0.717, 1.165) is 5.56 Å². The van der Waals surface area contributed by atoms with Crippen molar-refractivity contribution >= 4 is 29.3 Å². The number of urea groups is 1. The van der Waals surface area contributed by atoms with Crippen molar-refractivity contribution in [2.24, 2.45) is 5.73 Å². The zero-order valence-electron chi connectivity index (χ0n) is 19.4. The molecule has 2 aromatic carbocycles. The van der Waals surface area contributed by atoms with Crippen LogP contribution in [-0.2, 0) is 25.6 Å². The van der Waals surface area contributed by atoms with Crippen LogP contribution in [0.5, 0.6) is 0 Å². The summed E-state index contributed by atoms with van der Waals surface area (Å²) in [6.45, 7) is 0.330. The van der Waals surface area contributed by atoms with Crippen molar-refractivity contribution in [2.75, 3.05) is 31.1 Å². The van der Waals surface area contributed by atoms with Gasteiger partial charge in [0.25, 0.3) is 0 Å². The first-order chi connectivity index (χ1) is 16.8. The van der Waals surface area contributed by atoms with E-state index in [1.807, 2.05) is 0 Å². The van der Waals surface area contributed by atoms with Gasteiger partial charge >= 0.3 is 18.0 Å². The molecule has 0 fully saturated rings. The average molecular weight is 473 g/mol. The number of amides is 2. The second-order valence-electron chi connectivity index (χ2n) is 7.87. The van der Waals surface area contributed by atoms with Crippen molar-refractivity contribution in [2.45, 2.75) is 12.5 Å². The van der Waals surface area contributed by atoms with Crippen LogP contribution in [0.4, 0.5) is 16.2 Å². The number of rotatable bonds is 4. The van der Waals surface area contributed by atoms with Gasteiger partial charge in [-0.3, -0.25) is 9.80 Å². The average Bonchev–Trinajstić information content (AvgIpc) is 2.89. The number of carbonyl (C=O) groups excluding carboxylic acids is 3. The summed E-state index contributed by atoms with van der Waals surface area (Å²) in [5, 5.41) is 12.9. The second kappa shape index (κ2) is 9.23. The van der Waals surface area contributed by atoms with Gasteiger partial charge < -0.3 is 20.5 Å². The highest BCUT2D eigenvalue weighted by Gasteiger charge is 2.43. The Balaban J connectivity index is 2.03. The van der Waals surface area contributed by atoms with Crippen LogP contribution < -0.4 is 20.9 Å². The Hall–Kier alpha value is -4.78. The number of carbonyl (C=O) groups is 3. The molecule has 0 bridgehead atoms. The molecule has 0 spiro atoms. The van der Waals surface area contributed by atoms with Gasteiger partial charge in [-0.25, -0.2) is 14.4 Å². The number of benzene rings is 2. The molecule has 10 heteroatoms. The minimum absolute atomic E-state index is 0.0442. The predicted molar refractivity (Wildman–Crippen MR) is 127 cm³/mol. The smallest absolute Gasteiger partial charge is 0.355 e. The van der Waals surface area contributed by atoms with Crippen LogP contribution in [0.25, 0.3) is 0 Å². The first-order valence-corrected chi connectivity index (χ1v) is 10.6. The Labute approximate surface area is 201 Å². The van der Waals surface area contributed by atoms with Gasteiger partial charge in [-0.2, -0.15) is 5.26 Å². The van der Waals surface area contributed by atoms with Crippen LogP contribution in [0.3, 0.4) is 0 Å². The number of nitrogens with two attached hydrogens (primary N) is 1. The van der Waals surface area contributed by atoms with Crippen molar-refractivity contribution in [1.29, 1.82) is 5.26 Å². The number of esters is 2. The van der Waals surface area contributed by atoms with Crippen molar-refractivity contribution in [3.05, 3.63) is 82.3 Å². The van der Waals surface area contributed by atoms with Gasteiger partial charge in [-0.15, -0.1) is 0 Å².